The Bertz CT molecular complexity index is 1060. The van der Waals surface area contributed by atoms with Crippen LogP contribution in [0.4, 0.5) is 11.4 Å². The van der Waals surface area contributed by atoms with Gasteiger partial charge in [-0.25, -0.2) is 0 Å². The molecule has 0 radical (unpaired) electrons. The predicted octanol–water partition coefficient (Wildman–Crippen LogP) is 3.97. The number of pyridine rings is 1. The molecule has 27 heavy (non-hydrogen) atoms. The largest absolute Gasteiger partial charge is 0.397 e. The molecule has 0 saturated carbocycles. The summed E-state index contributed by atoms with van der Waals surface area (Å²) in [6.45, 7) is 0. The minimum Gasteiger partial charge on any atom is -0.397 e. The molecule has 0 aliphatic rings. The van der Waals surface area contributed by atoms with Crippen LogP contribution in [0.5, 0.6) is 0 Å². The van der Waals surface area contributed by atoms with Crippen LogP contribution in [0.3, 0.4) is 0 Å². The predicted molar refractivity (Wildman–Crippen MR) is 106 cm³/mol. The van der Waals surface area contributed by atoms with Crippen molar-refractivity contribution in [3.63, 3.8) is 0 Å². The number of nitrogens with one attached hydrogen (secondary N) is 2. The molecule has 0 atom stereocenters. The Morgan fingerprint density at radius 3 is 2.44 bits per heavy atom. The number of hydrogen-bond acceptors (Lipinski definition) is 4. The number of amides is 1. The van der Waals surface area contributed by atoms with Crippen molar-refractivity contribution in [2.75, 3.05) is 11.1 Å². The number of nitrogens with two attached hydrogens (primary N) is 1. The summed E-state index contributed by atoms with van der Waals surface area (Å²) in [4.78, 5) is 16.7. The fourth-order valence-corrected chi connectivity index (χ4v) is 2.79. The third-order valence-corrected chi connectivity index (χ3v) is 4.28. The lowest BCUT2D eigenvalue weighted by Crippen LogP contribution is -2.13. The smallest absolute Gasteiger partial charge is 0.255 e. The van der Waals surface area contributed by atoms with Gasteiger partial charge in [0.1, 0.15) is 0 Å². The second kappa shape index (κ2) is 7.13. The van der Waals surface area contributed by atoms with Crippen LogP contribution in [0.1, 0.15) is 10.4 Å². The Morgan fingerprint density at radius 1 is 0.926 bits per heavy atom. The van der Waals surface area contributed by atoms with E-state index in [0.717, 1.165) is 22.3 Å². The molecular formula is C21H17N5O. The molecule has 2 heterocycles. The van der Waals surface area contributed by atoms with Crippen LogP contribution in [0, 0.1) is 0 Å². The summed E-state index contributed by atoms with van der Waals surface area (Å²) < 4.78 is 0. The average molecular weight is 355 g/mol. The van der Waals surface area contributed by atoms with Crippen LogP contribution < -0.4 is 11.1 Å². The third-order valence-electron chi connectivity index (χ3n) is 4.28. The third kappa shape index (κ3) is 3.55. The Kier molecular flexibility index (Phi) is 4.37. The fourth-order valence-electron chi connectivity index (χ4n) is 2.79. The van der Waals surface area contributed by atoms with Crippen molar-refractivity contribution in [1.29, 1.82) is 0 Å². The monoisotopic (exact) mass is 355 g/mol. The van der Waals surface area contributed by atoms with Crippen molar-refractivity contribution in [3.05, 3.63) is 84.9 Å². The van der Waals surface area contributed by atoms with Crippen LogP contribution >= 0.6 is 0 Å². The zero-order valence-corrected chi connectivity index (χ0v) is 14.4. The summed E-state index contributed by atoms with van der Waals surface area (Å²) in [5.41, 5.74) is 11.5. The van der Waals surface area contributed by atoms with Gasteiger partial charge in [-0.1, -0.05) is 24.3 Å². The van der Waals surface area contributed by atoms with Crippen molar-refractivity contribution in [2.24, 2.45) is 0 Å². The van der Waals surface area contributed by atoms with Crippen LogP contribution in [-0.2, 0) is 0 Å². The molecule has 0 bridgehead atoms. The number of carbonyl (C=O) groups is 1. The molecule has 4 N–H and O–H groups in total. The molecule has 0 saturated heterocycles. The van der Waals surface area contributed by atoms with Crippen LogP contribution in [0.15, 0.2) is 79.4 Å². The summed E-state index contributed by atoms with van der Waals surface area (Å²) in [6.07, 6.45) is 7.02. The highest BCUT2D eigenvalue weighted by Crippen LogP contribution is 2.27. The first-order valence-electron chi connectivity index (χ1n) is 8.41. The maximum Gasteiger partial charge on any atom is 0.255 e. The Balaban J connectivity index is 1.55. The summed E-state index contributed by atoms with van der Waals surface area (Å²) in [6, 6.07) is 16.7. The molecule has 6 nitrogen and oxygen atoms in total. The van der Waals surface area contributed by atoms with E-state index in [2.05, 4.69) is 20.5 Å². The van der Waals surface area contributed by atoms with Crippen molar-refractivity contribution in [1.82, 2.24) is 15.2 Å². The maximum atomic E-state index is 12.6. The lowest BCUT2D eigenvalue weighted by atomic mass is 10.0. The second-order valence-electron chi connectivity index (χ2n) is 6.06. The molecule has 1 amide bonds. The number of aromatic amines is 1. The van der Waals surface area contributed by atoms with Gasteiger partial charge in [0.15, 0.2) is 0 Å². The molecule has 0 unspecified atom stereocenters. The van der Waals surface area contributed by atoms with Gasteiger partial charge >= 0.3 is 0 Å². The number of anilines is 2. The van der Waals surface area contributed by atoms with Gasteiger partial charge in [0.05, 0.1) is 17.6 Å². The van der Waals surface area contributed by atoms with E-state index in [1.54, 1.807) is 43.0 Å². The maximum absolute atomic E-state index is 12.6. The number of hydrogen-bond donors (Lipinski definition) is 3. The number of H-pyrrole nitrogens is 1. The van der Waals surface area contributed by atoms with Crippen molar-refractivity contribution < 1.29 is 4.79 Å². The normalized spacial score (nSPS) is 10.5. The van der Waals surface area contributed by atoms with Gasteiger partial charge in [-0.15, -0.1) is 0 Å². The van der Waals surface area contributed by atoms with E-state index < -0.39 is 0 Å². The van der Waals surface area contributed by atoms with Gasteiger partial charge in [-0.2, -0.15) is 5.10 Å². The van der Waals surface area contributed by atoms with Crippen molar-refractivity contribution in [3.8, 4) is 22.3 Å². The van der Waals surface area contributed by atoms with E-state index in [4.69, 9.17) is 5.73 Å². The number of aromatic nitrogens is 3. The number of nitrogens with zero attached hydrogens (tertiary/aromatic N) is 2. The highest BCUT2D eigenvalue weighted by Gasteiger charge is 2.10. The van der Waals surface area contributed by atoms with E-state index in [1.165, 1.54) is 0 Å². The quantitative estimate of drug-likeness (QED) is 0.483. The molecule has 0 aliphatic carbocycles. The molecule has 0 spiro atoms. The molecular weight excluding hydrogens is 338 g/mol. The number of nitrogen functional groups attached to an aromatic ring is 1. The zero-order valence-electron chi connectivity index (χ0n) is 14.4. The summed E-state index contributed by atoms with van der Waals surface area (Å²) in [7, 11) is 0. The molecule has 2 aromatic heterocycles. The van der Waals surface area contributed by atoms with Gasteiger partial charge < -0.3 is 11.1 Å². The van der Waals surface area contributed by atoms with Gasteiger partial charge in [0.25, 0.3) is 5.91 Å². The first-order chi connectivity index (χ1) is 13.2. The highest BCUT2D eigenvalue weighted by atomic mass is 16.1. The Labute approximate surface area is 156 Å². The number of carbonyl (C=O) groups excluding carboxylic acids is 1. The lowest BCUT2D eigenvalue weighted by molar-refractivity contribution is 0.102. The second-order valence-corrected chi connectivity index (χ2v) is 6.06. The topological polar surface area (TPSA) is 96.7 Å². The number of rotatable bonds is 4. The zero-order chi connectivity index (χ0) is 18.6. The summed E-state index contributed by atoms with van der Waals surface area (Å²) in [5, 5.41) is 9.60. The van der Waals surface area contributed by atoms with Gasteiger partial charge in [0, 0.05) is 29.7 Å². The first-order valence-corrected chi connectivity index (χ1v) is 8.41. The minimum atomic E-state index is -0.219. The van der Waals surface area contributed by atoms with Gasteiger partial charge in [-0.3, -0.25) is 14.9 Å². The minimum absolute atomic E-state index is 0.219. The van der Waals surface area contributed by atoms with Gasteiger partial charge in [-0.05, 0) is 47.0 Å². The van der Waals surface area contributed by atoms with E-state index >= 15 is 0 Å². The van der Waals surface area contributed by atoms with E-state index in [9.17, 15) is 4.79 Å². The van der Waals surface area contributed by atoms with E-state index in [0.29, 0.717) is 16.9 Å². The average Bonchev–Trinajstić information content (AvgIpc) is 3.25. The molecule has 2 aromatic carbocycles. The molecule has 4 rings (SSSR count). The molecule has 0 aliphatic heterocycles. The Hall–Kier alpha value is -3.93. The van der Waals surface area contributed by atoms with Crippen molar-refractivity contribution >= 4 is 17.3 Å². The fraction of sp³-hybridized carbons (Fsp3) is 0. The van der Waals surface area contributed by atoms with Crippen molar-refractivity contribution in [2.45, 2.75) is 0 Å². The van der Waals surface area contributed by atoms with Crippen LogP contribution in [0.25, 0.3) is 22.3 Å². The van der Waals surface area contributed by atoms with E-state index in [1.807, 2.05) is 36.4 Å². The van der Waals surface area contributed by atoms with Crippen LogP contribution in [-0.4, -0.2) is 21.1 Å². The molecule has 132 valence electrons. The highest BCUT2D eigenvalue weighted by molar-refractivity contribution is 6.06. The first kappa shape index (κ1) is 16.5. The molecule has 6 heteroatoms. The van der Waals surface area contributed by atoms with Gasteiger partial charge in [0.2, 0.25) is 0 Å². The lowest BCUT2D eigenvalue weighted by Gasteiger charge is -2.10. The summed E-state index contributed by atoms with van der Waals surface area (Å²) in [5.74, 6) is -0.219. The van der Waals surface area contributed by atoms with Crippen LogP contribution in [0.2, 0.25) is 0 Å². The van der Waals surface area contributed by atoms with E-state index in [-0.39, 0.29) is 5.91 Å². The SMILES string of the molecule is Nc1ccc(-c2cn[nH]c2)cc1NC(=O)c1ccc(-c2cccnc2)cc1. The standard InChI is InChI=1S/C21H17N5O/c22-19-8-7-16(18-12-24-25-13-18)10-20(19)26-21(27)15-5-3-14(4-6-15)17-2-1-9-23-11-17/h1-13H,22H2,(H,24,25)(H,26,27). The molecule has 4 aromatic rings. The molecule has 0 fully saturated rings. The summed E-state index contributed by atoms with van der Waals surface area (Å²) >= 11 is 0. The number of benzene rings is 2. The Morgan fingerprint density at radius 2 is 1.74 bits per heavy atom.